The van der Waals surface area contributed by atoms with Crippen molar-refractivity contribution in [3.8, 4) is 0 Å². The molecule has 0 aromatic heterocycles. The third-order valence-electron chi connectivity index (χ3n) is 14.6. The van der Waals surface area contributed by atoms with Gasteiger partial charge >= 0.3 is 5.97 Å². The van der Waals surface area contributed by atoms with Crippen molar-refractivity contribution in [2.24, 2.45) is 28.8 Å². The quantitative estimate of drug-likeness (QED) is 0.0265. The first-order valence-corrected chi connectivity index (χ1v) is 27.0. The van der Waals surface area contributed by atoms with Gasteiger partial charge in [0.2, 0.25) is 29.5 Å². The smallest absolute Gasteiger partial charge is 0.306 e. The standard InChI is InChI=1S/C56H90N8O11/c1-15-37(6)51(62(12)56(72)49(35(2)3)58-55(71)50(36(4)5)61(10)11)43(73-13)34-47(68)63-33-23-27-42(63)52(74-14)39(8)54(70)57-40(9)53(41-25-18-16-19-26-41)75-48(69)29-22-24-38(7)59-60-44(65)28-20-17-21-32-64-45(66)30-31-46(64)67/h16,18-19,25-26,30-31,35-37,39-40,42-43,49-53H,15,17,20-24,27-29,32-34H2,1-14H3,(H,57,70)(H,58,71)(H,60,65)/t37-,39+,40+,42-,43?,49-,50-,51-,52+,53?/m0/s1. The number of ether oxygens (including phenoxy) is 3. The predicted molar refractivity (Wildman–Crippen MR) is 288 cm³/mol. The molecule has 0 spiro atoms. The third-order valence-corrected chi connectivity index (χ3v) is 14.6. The summed E-state index contributed by atoms with van der Waals surface area (Å²) >= 11 is 0. The van der Waals surface area contributed by atoms with Gasteiger partial charge in [-0.25, -0.2) is 5.43 Å². The molecular formula is C56H90N8O11. The first kappa shape index (κ1) is 63.8. The molecule has 1 aromatic carbocycles. The van der Waals surface area contributed by atoms with E-state index in [2.05, 4.69) is 21.2 Å². The summed E-state index contributed by atoms with van der Waals surface area (Å²) < 4.78 is 18.2. The molecule has 10 atom stereocenters. The maximum absolute atomic E-state index is 14.5. The van der Waals surface area contributed by atoms with Gasteiger partial charge in [0.15, 0.2) is 0 Å². The van der Waals surface area contributed by atoms with Crippen LogP contribution in [-0.2, 0) is 52.6 Å². The van der Waals surface area contributed by atoms with E-state index in [0.29, 0.717) is 75.7 Å². The Hall–Kier alpha value is -5.53. The number of likely N-dealkylation sites (N-methyl/N-ethyl adjacent to an activating group) is 2. The fourth-order valence-electron chi connectivity index (χ4n) is 10.3. The lowest BCUT2D eigenvalue weighted by Crippen LogP contribution is -2.59. The molecule has 0 aliphatic carbocycles. The average molecular weight is 1050 g/mol. The molecule has 19 heteroatoms. The predicted octanol–water partition coefficient (Wildman–Crippen LogP) is 5.57. The van der Waals surface area contributed by atoms with Crippen molar-refractivity contribution in [2.75, 3.05) is 48.5 Å². The molecular weight excluding hydrogens is 961 g/mol. The fourth-order valence-corrected chi connectivity index (χ4v) is 10.3. The van der Waals surface area contributed by atoms with Crippen molar-refractivity contribution in [2.45, 2.75) is 181 Å². The maximum Gasteiger partial charge on any atom is 0.306 e. The van der Waals surface area contributed by atoms with Gasteiger partial charge in [0.1, 0.15) is 12.1 Å². The number of imide groups is 1. The van der Waals surface area contributed by atoms with E-state index >= 15 is 0 Å². The number of hydrogen-bond acceptors (Lipinski definition) is 13. The van der Waals surface area contributed by atoms with E-state index < -0.39 is 60.4 Å². The number of amides is 7. The molecule has 1 aromatic rings. The van der Waals surface area contributed by atoms with Crippen LogP contribution in [0, 0.1) is 23.7 Å². The Morgan fingerprint density at radius 2 is 1.45 bits per heavy atom. The van der Waals surface area contributed by atoms with Crippen LogP contribution in [0.5, 0.6) is 0 Å². The second kappa shape index (κ2) is 31.5. The maximum atomic E-state index is 14.5. The third kappa shape index (κ3) is 18.9. The Labute approximate surface area is 446 Å². The molecule has 19 nitrogen and oxygen atoms in total. The zero-order chi connectivity index (χ0) is 56.1. The lowest BCUT2D eigenvalue weighted by atomic mass is 9.89. The normalized spacial score (nSPS) is 18.6. The van der Waals surface area contributed by atoms with Crippen molar-refractivity contribution in [1.29, 1.82) is 0 Å². The number of unbranched alkanes of at least 4 members (excludes halogenated alkanes) is 2. The molecule has 420 valence electrons. The molecule has 7 amide bonds. The number of esters is 1. The van der Waals surface area contributed by atoms with E-state index in [1.807, 2.05) is 90.9 Å². The van der Waals surface area contributed by atoms with Crippen molar-refractivity contribution in [3.05, 3.63) is 48.0 Å². The average Bonchev–Trinajstić information content (AvgIpc) is 3.98. The molecule has 2 heterocycles. The molecule has 1 fully saturated rings. The van der Waals surface area contributed by atoms with Crippen LogP contribution in [0.1, 0.15) is 145 Å². The first-order chi connectivity index (χ1) is 35.5. The highest BCUT2D eigenvalue weighted by Gasteiger charge is 2.43. The molecule has 0 radical (unpaired) electrons. The zero-order valence-electron chi connectivity index (χ0n) is 47.4. The monoisotopic (exact) mass is 1050 g/mol. The van der Waals surface area contributed by atoms with E-state index in [9.17, 15) is 38.4 Å². The van der Waals surface area contributed by atoms with Crippen LogP contribution < -0.4 is 16.1 Å². The van der Waals surface area contributed by atoms with Gasteiger partial charge in [-0.15, -0.1) is 0 Å². The number of rotatable bonds is 32. The van der Waals surface area contributed by atoms with E-state index in [4.69, 9.17) is 14.2 Å². The summed E-state index contributed by atoms with van der Waals surface area (Å²) in [5, 5.41) is 10.3. The molecule has 2 aliphatic rings. The molecule has 0 bridgehead atoms. The van der Waals surface area contributed by atoms with Crippen molar-refractivity contribution in [1.82, 2.24) is 35.7 Å². The number of carbonyl (C=O) groups excluding carboxylic acids is 8. The summed E-state index contributed by atoms with van der Waals surface area (Å²) in [5.41, 5.74) is 3.88. The van der Waals surface area contributed by atoms with Crippen molar-refractivity contribution in [3.63, 3.8) is 0 Å². The lowest BCUT2D eigenvalue weighted by molar-refractivity contribution is -0.152. The topological polar surface area (TPSA) is 226 Å². The second-order valence-corrected chi connectivity index (χ2v) is 21.3. The van der Waals surface area contributed by atoms with Crippen molar-refractivity contribution < 1.29 is 52.6 Å². The summed E-state index contributed by atoms with van der Waals surface area (Å²) in [7, 11) is 8.49. The summed E-state index contributed by atoms with van der Waals surface area (Å²) in [6.07, 6.45) is 5.30. The number of methoxy groups -OCH3 is 2. The minimum atomic E-state index is -0.820. The Bertz CT molecular complexity index is 2090. The van der Waals surface area contributed by atoms with Crippen molar-refractivity contribution >= 4 is 53.0 Å². The highest BCUT2D eigenvalue weighted by molar-refractivity contribution is 6.12. The van der Waals surface area contributed by atoms with Gasteiger partial charge in [-0.3, -0.25) is 48.2 Å². The molecule has 1 saturated heterocycles. The van der Waals surface area contributed by atoms with Crippen LogP contribution in [0.15, 0.2) is 47.6 Å². The number of benzene rings is 1. The SMILES string of the molecule is CC[C@H](C)[C@@H](C(CC(=O)N1CCC[C@H]1[C@H](OC)[C@@H](C)C(=O)N[C@H](C)C(OC(=O)CCCC(C)=NNC(=O)CCCCCN1C(=O)C=CC1=O)c1ccccc1)OC)N(C)C(=O)[C@@H](NC(=O)[C@H](C(C)C)N(C)C)C(C)C. The Kier molecular flexibility index (Phi) is 26.8. The molecule has 2 aliphatic heterocycles. The summed E-state index contributed by atoms with van der Waals surface area (Å²) in [4.78, 5) is 112. The van der Waals surface area contributed by atoms with Gasteiger partial charge in [-0.05, 0) is 89.8 Å². The fraction of sp³-hybridized carbons (Fsp3) is 0.696. The van der Waals surface area contributed by atoms with Crippen LogP contribution in [0.3, 0.4) is 0 Å². The minimum absolute atomic E-state index is 0.0174. The van der Waals surface area contributed by atoms with Crippen LogP contribution in [-0.4, -0.2) is 164 Å². The molecule has 3 rings (SSSR count). The Morgan fingerprint density at radius 3 is 2.03 bits per heavy atom. The highest BCUT2D eigenvalue weighted by atomic mass is 16.5. The summed E-state index contributed by atoms with van der Waals surface area (Å²) in [5.74, 6) is -3.34. The van der Waals surface area contributed by atoms with Gasteiger partial charge in [-0.1, -0.05) is 91.6 Å². The van der Waals surface area contributed by atoms with E-state index in [0.717, 1.165) is 0 Å². The number of likely N-dealkylation sites (tertiary alicyclic amines) is 1. The molecule has 75 heavy (non-hydrogen) atoms. The lowest BCUT2D eigenvalue weighted by Gasteiger charge is -2.41. The molecule has 2 unspecified atom stereocenters. The number of carbonyl (C=O) groups is 8. The van der Waals surface area contributed by atoms with Crippen LogP contribution in [0.25, 0.3) is 0 Å². The van der Waals surface area contributed by atoms with E-state index in [1.165, 1.54) is 24.2 Å². The van der Waals surface area contributed by atoms with E-state index in [-0.39, 0.29) is 78.4 Å². The van der Waals surface area contributed by atoms with Gasteiger partial charge in [0, 0.05) is 65.1 Å². The second-order valence-electron chi connectivity index (χ2n) is 21.3. The Balaban J connectivity index is 1.63. The van der Waals surface area contributed by atoms with E-state index in [1.54, 1.807) is 44.7 Å². The summed E-state index contributed by atoms with van der Waals surface area (Å²) in [6.45, 7) is 17.9. The van der Waals surface area contributed by atoms with Crippen LogP contribution in [0.4, 0.5) is 0 Å². The van der Waals surface area contributed by atoms with Crippen LogP contribution in [0.2, 0.25) is 0 Å². The molecule has 3 N–H and O–H groups in total. The van der Waals surface area contributed by atoms with Gasteiger partial charge in [0.25, 0.3) is 11.8 Å². The summed E-state index contributed by atoms with van der Waals surface area (Å²) in [6, 6.07) is 6.37. The Morgan fingerprint density at radius 1 is 0.800 bits per heavy atom. The number of nitrogens with one attached hydrogen (secondary N) is 3. The van der Waals surface area contributed by atoms with Gasteiger partial charge < -0.3 is 34.6 Å². The number of hydrogen-bond donors (Lipinski definition) is 3. The minimum Gasteiger partial charge on any atom is -0.455 e. The zero-order valence-corrected chi connectivity index (χ0v) is 47.4. The van der Waals surface area contributed by atoms with Gasteiger partial charge in [0.05, 0.1) is 48.7 Å². The van der Waals surface area contributed by atoms with Crippen LogP contribution >= 0.6 is 0 Å². The molecule has 0 saturated carbocycles. The number of hydrazone groups is 1. The first-order valence-electron chi connectivity index (χ1n) is 27.0. The highest BCUT2D eigenvalue weighted by Crippen LogP contribution is 2.31. The number of nitrogens with zero attached hydrogens (tertiary/aromatic N) is 5. The largest absolute Gasteiger partial charge is 0.455 e. The van der Waals surface area contributed by atoms with Gasteiger partial charge in [-0.2, -0.15) is 5.10 Å².